The van der Waals surface area contributed by atoms with Crippen molar-refractivity contribution in [3.63, 3.8) is 0 Å². The van der Waals surface area contributed by atoms with E-state index in [1.165, 1.54) is 31.3 Å². The molecule has 0 bridgehead atoms. The average molecular weight is 383 g/mol. The Balaban J connectivity index is 1.52. The Kier molecular flexibility index (Phi) is 5.14. The molecule has 0 heterocycles. The third kappa shape index (κ3) is 3.11. The molecule has 0 spiro atoms. The van der Waals surface area contributed by atoms with Gasteiger partial charge in [-0.1, -0.05) is 32.1 Å². The van der Waals surface area contributed by atoms with Gasteiger partial charge in [0.05, 0.1) is 6.61 Å². The maximum absolute atomic E-state index is 11.9. The van der Waals surface area contributed by atoms with E-state index >= 15 is 0 Å². The van der Waals surface area contributed by atoms with Gasteiger partial charge >= 0.3 is 5.97 Å². The Hall–Kier alpha value is -1.64. The van der Waals surface area contributed by atoms with Gasteiger partial charge in [0.25, 0.3) is 0 Å². The van der Waals surface area contributed by atoms with E-state index in [-0.39, 0.29) is 11.4 Å². The minimum absolute atomic E-state index is 0.177. The van der Waals surface area contributed by atoms with Crippen molar-refractivity contribution >= 4 is 11.8 Å². The zero-order valence-corrected chi connectivity index (χ0v) is 17.6. The van der Waals surface area contributed by atoms with E-state index in [0.717, 1.165) is 18.8 Å². The fourth-order valence-corrected chi connectivity index (χ4v) is 7.01. The highest BCUT2D eigenvalue weighted by molar-refractivity contribution is 5.92. The molecule has 0 aliphatic heterocycles. The highest BCUT2D eigenvalue weighted by Gasteiger charge is 2.57. The first kappa shape index (κ1) is 19.7. The lowest BCUT2D eigenvalue weighted by atomic mass is 9.48. The van der Waals surface area contributed by atoms with Crippen LogP contribution in [0.2, 0.25) is 0 Å². The number of esters is 1. The first-order valence-electron chi connectivity index (χ1n) is 11.1. The van der Waals surface area contributed by atoms with Gasteiger partial charge < -0.3 is 4.74 Å². The predicted molar refractivity (Wildman–Crippen MR) is 110 cm³/mol. The summed E-state index contributed by atoms with van der Waals surface area (Å²) in [6.45, 7) is 7.18. The highest BCUT2D eigenvalue weighted by Crippen LogP contribution is 2.65. The quantitative estimate of drug-likeness (QED) is 0.482. The monoisotopic (exact) mass is 382 g/mol. The van der Waals surface area contributed by atoms with E-state index in [9.17, 15) is 9.59 Å². The molecule has 0 N–H and O–H groups in total. The van der Waals surface area contributed by atoms with E-state index in [2.05, 4.69) is 26.0 Å². The summed E-state index contributed by atoms with van der Waals surface area (Å²) in [6, 6.07) is 0. The fraction of sp³-hybridized carbons (Fsp3) is 0.680. The van der Waals surface area contributed by atoms with E-state index in [1.807, 2.05) is 19.1 Å². The SMILES string of the molecule is CCOC(=O)/C=C/CC1CCC2C3C=CC4=CC(=O)CCC4(C)C3CCC12C. The van der Waals surface area contributed by atoms with Gasteiger partial charge in [0, 0.05) is 12.5 Å². The van der Waals surface area contributed by atoms with Crippen molar-refractivity contribution in [2.45, 2.75) is 65.7 Å². The molecule has 0 aromatic carbocycles. The molecule has 152 valence electrons. The van der Waals surface area contributed by atoms with Gasteiger partial charge in [0.2, 0.25) is 0 Å². The van der Waals surface area contributed by atoms with E-state index < -0.39 is 0 Å². The van der Waals surface area contributed by atoms with Gasteiger partial charge in [-0.25, -0.2) is 4.79 Å². The Bertz CT molecular complexity index is 745. The summed E-state index contributed by atoms with van der Waals surface area (Å²) in [5.74, 6) is 2.75. The Labute approximate surface area is 169 Å². The molecular weight excluding hydrogens is 348 g/mol. The maximum atomic E-state index is 11.9. The van der Waals surface area contributed by atoms with Crippen molar-refractivity contribution in [1.29, 1.82) is 0 Å². The lowest BCUT2D eigenvalue weighted by Gasteiger charge is -2.56. The summed E-state index contributed by atoms with van der Waals surface area (Å²) >= 11 is 0. The molecule has 0 amide bonds. The molecule has 4 aliphatic rings. The summed E-state index contributed by atoms with van der Waals surface area (Å²) in [5.41, 5.74) is 1.81. The van der Waals surface area contributed by atoms with Crippen LogP contribution in [0.4, 0.5) is 0 Å². The largest absolute Gasteiger partial charge is 0.463 e. The maximum Gasteiger partial charge on any atom is 0.330 e. The normalized spacial score (nSPS) is 42.0. The van der Waals surface area contributed by atoms with Crippen molar-refractivity contribution in [3.05, 3.63) is 36.0 Å². The number of ether oxygens (including phenoxy) is 1. The molecule has 0 radical (unpaired) electrons. The molecule has 6 unspecified atom stereocenters. The number of hydrogen-bond donors (Lipinski definition) is 0. The van der Waals surface area contributed by atoms with Crippen LogP contribution in [-0.2, 0) is 14.3 Å². The second-order valence-electron chi connectivity index (χ2n) is 9.84. The number of carbonyl (C=O) groups is 2. The predicted octanol–water partition coefficient (Wildman–Crippen LogP) is 5.42. The number of carbonyl (C=O) groups excluding carboxylic acids is 2. The topological polar surface area (TPSA) is 43.4 Å². The van der Waals surface area contributed by atoms with Crippen LogP contribution >= 0.6 is 0 Å². The number of rotatable bonds is 4. The summed E-state index contributed by atoms with van der Waals surface area (Å²) in [4.78, 5) is 23.5. The Morgan fingerprint density at radius 3 is 2.82 bits per heavy atom. The molecule has 28 heavy (non-hydrogen) atoms. The third-order valence-electron chi connectivity index (χ3n) is 8.67. The zero-order valence-electron chi connectivity index (χ0n) is 17.6. The highest BCUT2D eigenvalue weighted by atomic mass is 16.5. The first-order chi connectivity index (χ1) is 13.4. The van der Waals surface area contributed by atoms with Crippen molar-refractivity contribution in [3.8, 4) is 0 Å². The van der Waals surface area contributed by atoms with Crippen LogP contribution in [0.15, 0.2) is 36.0 Å². The summed E-state index contributed by atoms with van der Waals surface area (Å²) < 4.78 is 5.01. The molecule has 4 rings (SSSR count). The second-order valence-corrected chi connectivity index (χ2v) is 9.84. The second kappa shape index (κ2) is 7.31. The smallest absolute Gasteiger partial charge is 0.330 e. The number of ketones is 1. The van der Waals surface area contributed by atoms with Gasteiger partial charge in [-0.15, -0.1) is 0 Å². The van der Waals surface area contributed by atoms with Crippen molar-refractivity contribution in [2.75, 3.05) is 6.61 Å². The van der Waals surface area contributed by atoms with E-state index in [1.54, 1.807) is 6.08 Å². The summed E-state index contributed by atoms with van der Waals surface area (Å²) in [5, 5.41) is 0. The molecule has 2 fully saturated rings. The minimum Gasteiger partial charge on any atom is -0.463 e. The molecule has 2 saturated carbocycles. The molecule has 4 aliphatic carbocycles. The van der Waals surface area contributed by atoms with Crippen LogP contribution in [0.25, 0.3) is 0 Å². The van der Waals surface area contributed by atoms with E-state index in [4.69, 9.17) is 4.74 Å². The number of fused-ring (bicyclic) bond motifs is 5. The molecule has 0 aromatic heterocycles. The fourth-order valence-electron chi connectivity index (χ4n) is 7.01. The molecule has 0 saturated heterocycles. The molecule has 6 atom stereocenters. The van der Waals surface area contributed by atoms with Gasteiger partial charge in [0.15, 0.2) is 5.78 Å². The molecule has 0 aromatic rings. The zero-order chi connectivity index (χ0) is 19.9. The number of hydrogen-bond acceptors (Lipinski definition) is 3. The van der Waals surface area contributed by atoms with Gasteiger partial charge in [-0.05, 0) is 91.6 Å². The van der Waals surface area contributed by atoms with Crippen LogP contribution in [0.1, 0.15) is 65.7 Å². The van der Waals surface area contributed by atoms with Crippen LogP contribution < -0.4 is 0 Å². The summed E-state index contributed by atoms with van der Waals surface area (Å²) in [7, 11) is 0. The molecular formula is C25H34O3. The Morgan fingerprint density at radius 1 is 1.21 bits per heavy atom. The van der Waals surface area contributed by atoms with Crippen molar-refractivity contribution in [2.24, 2.45) is 34.5 Å². The summed E-state index contributed by atoms with van der Waals surface area (Å²) in [6.07, 6.45) is 18.0. The van der Waals surface area contributed by atoms with Crippen LogP contribution in [0.5, 0.6) is 0 Å². The van der Waals surface area contributed by atoms with Crippen molar-refractivity contribution in [1.82, 2.24) is 0 Å². The lowest BCUT2D eigenvalue weighted by Crippen LogP contribution is -2.48. The minimum atomic E-state index is -0.222. The van der Waals surface area contributed by atoms with Gasteiger partial charge in [0.1, 0.15) is 0 Å². The third-order valence-corrected chi connectivity index (χ3v) is 8.67. The first-order valence-corrected chi connectivity index (χ1v) is 11.1. The standard InChI is InChI=1S/C25H34O3/c1-4-28-23(27)7-5-6-17-9-11-21-20-10-8-18-16-19(26)12-14-25(18,3)22(20)13-15-24(17,21)2/h5,7-8,10,16-17,20-22H,4,6,9,11-15H2,1-3H3/b7-5+. The lowest BCUT2D eigenvalue weighted by molar-refractivity contribution is -0.137. The number of allylic oxidation sites excluding steroid dienone is 5. The van der Waals surface area contributed by atoms with Gasteiger partial charge in [-0.3, -0.25) is 4.79 Å². The van der Waals surface area contributed by atoms with Crippen molar-refractivity contribution < 1.29 is 14.3 Å². The van der Waals surface area contributed by atoms with Crippen LogP contribution in [-0.4, -0.2) is 18.4 Å². The molecule has 3 heteroatoms. The van der Waals surface area contributed by atoms with Gasteiger partial charge in [-0.2, -0.15) is 0 Å². The van der Waals surface area contributed by atoms with E-state index in [0.29, 0.717) is 42.0 Å². The average Bonchev–Trinajstić information content (AvgIpc) is 2.99. The van der Waals surface area contributed by atoms with Crippen LogP contribution in [0, 0.1) is 34.5 Å². The van der Waals surface area contributed by atoms with Crippen LogP contribution in [0.3, 0.4) is 0 Å². The molecule has 3 nitrogen and oxygen atoms in total. The Morgan fingerprint density at radius 2 is 2.04 bits per heavy atom.